The van der Waals surface area contributed by atoms with E-state index in [0.29, 0.717) is 17.1 Å². The van der Waals surface area contributed by atoms with Crippen LogP contribution in [-0.2, 0) is 0 Å². The molecule has 17 heavy (non-hydrogen) atoms. The minimum atomic E-state index is -0.143. The number of thiophene rings is 1. The Kier molecular flexibility index (Phi) is 5.56. The summed E-state index contributed by atoms with van der Waals surface area (Å²) in [5.41, 5.74) is 6.33. The van der Waals surface area contributed by atoms with Gasteiger partial charge in [0.1, 0.15) is 4.88 Å². The molecule has 0 saturated carbocycles. The molecule has 0 bridgehead atoms. The molecule has 0 spiro atoms. The number of carbonyl (C=O) groups excluding carboxylic acids is 1. The third-order valence-corrected chi connectivity index (χ3v) is 3.31. The number of unbranched alkanes of at least 4 members (excludes halogenated alkanes) is 1. The van der Waals surface area contributed by atoms with Crippen molar-refractivity contribution in [2.45, 2.75) is 19.8 Å². The Hall–Kier alpha value is -1.49. The Labute approximate surface area is 106 Å². The van der Waals surface area contributed by atoms with Crippen LogP contribution in [0.15, 0.2) is 18.7 Å². The summed E-state index contributed by atoms with van der Waals surface area (Å²) in [7, 11) is 0. The van der Waals surface area contributed by atoms with E-state index in [1.165, 1.54) is 11.3 Å². The van der Waals surface area contributed by atoms with E-state index in [9.17, 15) is 4.79 Å². The van der Waals surface area contributed by atoms with Crippen molar-refractivity contribution in [3.05, 3.63) is 23.6 Å². The average Bonchev–Trinajstić information content (AvgIpc) is 2.68. The van der Waals surface area contributed by atoms with Crippen LogP contribution in [0.3, 0.4) is 0 Å². The zero-order chi connectivity index (χ0) is 12.7. The Morgan fingerprint density at radius 2 is 2.41 bits per heavy atom. The summed E-state index contributed by atoms with van der Waals surface area (Å²) < 4.78 is 0. The van der Waals surface area contributed by atoms with Crippen LogP contribution in [0, 0.1) is 0 Å². The van der Waals surface area contributed by atoms with Crippen molar-refractivity contribution in [3.63, 3.8) is 0 Å². The zero-order valence-corrected chi connectivity index (χ0v) is 10.9. The molecule has 0 fully saturated rings. The molecular weight excluding hydrogens is 234 g/mol. The fourth-order valence-corrected chi connectivity index (χ4v) is 2.22. The van der Waals surface area contributed by atoms with Gasteiger partial charge in [-0.25, -0.2) is 0 Å². The number of amides is 1. The number of hydrogen-bond acceptors (Lipinski definition) is 4. The summed E-state index contributed by atoms with van der Waals surface area (Å²) in [5.74, 6) is -0.143. The lowest BCUT2D eigenvalue weighted by Gasteiger charge is -2.01. The van der Waals surface area contributed by atoms with Gasteiger partial charge in [0.25, 0.3) is 5.91 Å². The number of hydrogen-bond donors (Lipinski definition) is 3. The molecule has 1 aromatic heterocycles. The molecule has 0 unspecified atom stereocenters. The molecule has 1 amide bonds. The van der Waals surface area contributed by atoms with Gasteiger partial charge in [0.05, 0.1) is 10.7 Å². The lowest BCUT2D eigenvalue weighted by molar-refractivity contribution is 0.0963. The predicted octanol–water partition coefficient (Wildman–Crippen LogP) is 2.46. The first-order valence-electron chi connectivity index (χ1n) is 5.71. The zero-order valence-electron chi connectivity index (χ0n) is 10.1. The Bertz CT molecular complexity index is 387. The molecule has 1 rings (SSSR count). The monoisotopic (exact) mass is 253 g/mol. The Balaban J connectivity index is 2.60. The number of nitrogen functional groups attached to an aromatic ring is 1. The van der Waals surface area contributed by atoms with Gasteiger partial charge in [0.2, 0.25) is 0 Å². The molecule has 4 N–H and O–H groups in total. The van der Waals surface area contributed by atoms with Gasteiger partial charge in [-0.2, -0.15) is 0 Å². The molecule has 1 aromatic rings. The van der Waals surface area contributed by atoms with Crippen molar-refractivity contribution in [1.29, 1.82) is 0 Å². The lowest BCUT2D eigenvalue weighted by Crippen LogP contribution is -2.22. The number of anilines is 2. The lowest BCUT2D eigenvalue weighted by atomic mass is 10.3. The highest BCUT2D eigenvalue weighted by molar-refractivity contribution is 7.18. The van der Waals surface area contributed by atoms with Crippen molar-refractivity contribution in [1.82, 2.24) is 5.32 Å². The van der Waals surface area contributed by atoms with Crippen LogP contribution in [0.2, 0.25) is 0 Å². The van der Waals surface area contributed by atoms with Crippen molar-refractivity contribution < 1.29 is 4.79 Å². The standard InChI is InChI=1S/C12H19N3OS/c1-3-5-7-14-10-8-9(13)11(17-10)12(16)15-6-4-2/h4,8,14H,2-3,5-7,13H2,1H3,(H,15,16). The van der Waals surface area contributed by atoms with Crippen LogP contribution in [0.1, 0.15) is 29.4 Å². The average molecular weight is 253 g/mol. The second-order valence-electron chi connectivity index (χ2n) is 3.67. The summed E-state index contributed by atoms with van der Waals surface area (Å²) in [6.07, 6.45) is 3.89. The molecule has 0 aliphatic heterocycles. The highest BCUT2D eigenvalue weighted by Crippen LogP contribution is 2.29. The fourth-order valence-electron chi connectivity index (χ4n) is 1.30. The number of nitrogens with two attached hydrogens (primary N) is 1. The molecule has 0 aromatic carbocycles. The molecular formula is C12H19N3OS. The summed E-state index contributed by atoms with van der Waals surface area (Å²) in [6.45, 7) is 7.05. The minimum absolute atomic E-state index is 0.143. The van der Waals surface area contributed by atoms with Gasteiger partial charge in [-0.1, -0.05) is 19.4 Å². The summed E-state index contributed by atoms with van der Waals surface area (Å²) in [5, 5.41) is 6.92. The third-order valence-electron chi connectivity index (χ3n) is 2.20. The topological polar surface area (TPSA) is 67.2 Å². The summed E-state index contributed by atoms with van der Waals surface area (Å²) in [4.78, 5) is 12.3. The van der Waals surface area contributed by atoms with Gasteiger partial charge in [-0.15, -0.1) is 17.9 Å². The van der Waals surface area contributed by atoms with Gasteiger partial charge in [0, 0.05) is 13.1 Å². The van der Waals surface area contributed by atoms with E-state index < -0.39 is 0 Å². The van der Waals surface area contributed by atoms with E-state index in [0.717, 1.165) is 24.4 Å². The van der Waals surface area contributed by atoms with Crippen LogP contribution < -0.4 is 16.4 Å². The predicted molar refractivity (Wildman–Crippen MR) is 74.7 cm³/mol. The fraction of sp³-hybridized carbons (Fsp3) is 0.417. The molecule has 4 nitrogen and oxygen atoms in total. The van der Waals surface area contributed by atoms with Crippen molar-refractivity contribution >= 4 is 27.9 Å². The minimum Gasteiger partial charge on any atom is -0.397 e. The molecule has 1 heterocycles. The Morgan fingerprint density at radius 1 is 1.65 bits per heavy atom. The maximum absolute atomic E-state index is 11.7. The number of nitrogens with one attached hydrogen (secondary N) is 2. The van der Waals surface area contributed by atoms with E-state index >= 15 is 0 Å². The van der Waals surface area contributed by atoms with E-state index in [-0.39, 0.29) is 5.91 Å². The van der Waals surface area contributed by atoms with Gasteiger partial charge < -0.3 is 16.4 Å². The maximum atomic E-state index is 11.7. The van der Waals surface area contributed by atoms with Crippen molar-refractivity contribution in [3.8, 4) is 0 Å². The quantitative estimate of drug-likeness (QED) is 0.516. The van der Waals surface area contributed by atoms with Crippen LogP contribution in [-0.4, -0.2) is 19.0 Å². The smallest absolute Gasteiger partial charge is 0.263 e. The van der Waals surface area contributed by atoms with Crippen LogP contribution in [0.5, 0.6) is 0 Å². The van der Waals surface area contributed by atoms with E-state index in [1.807, 2.05) is 6.07 Å². The second kappa shape index (κ2) is 6.96. The van der Waals surface area contributed by atoms with Gasteiger partial charge in [-0.3, -0.25) is 4.79 Å². The van der Waals surface area contributed by atoms with Crippen molar-refractivity contribution in [2.24, 2.45) is 0 Å². The molecule has 0 aliphatic carbocycles. The molecule has 0 aliphatic rings. The molecule has 94 valence electrons. The number of rotatable bonds is 7. The van der Waals surface area contributed by atoms with Crippen LogP contribution in [0.4, 0.5) is 10.7 Å². The number of carbonyl (C=O) groups is 1. The normalized spacial score (nSPS) is 9.94. The first kappa shape index (κ1) is 13.6. The largest absolute Gasteiger partial charge is 0.397 e. The molecule has 0 radical (unpaired) electrons. The van der Waals surface area contributed by atoms with Crippen LogP contribution >= 0.6 is 11.3 Å². The summed E-state index contributed by atoms with van der Waals surface area (Å²) in [6, 6.07) is 1.81. The van der Waals surface area contributed by atoms with Gasteiger partial charge >= 0.3 is 0 Å². The molecule has 0 atom stereocenters. The summed E-state index contributed by atoms with van der Waals surface area (Å²) >= 11 is 1.39. The second-order valence-corrected chi connectivity index (χ2v) is 4.73. The van der Waals surface area contributed by atoms with Gasteiger partial charge in [0.15, 0.2) is 0 Å². The molecule has 0 saturated heterocycles. The molecule has 5 heteroatoms. The Morgan fingerprint density at radius 3 is 3.06 bits per heavy atom. The highest BCUT2D eigenvalue weighted by Gasteiger charge is 2.13. The van der Waals surface area contributed by atoms with Crippen molar-refractivity contribution in [2.75, 3.05) is 24.1 Å². The first-order valence-corrected chi connectivity index (χ1v) is 6.53. The van der Waals surface area contributed by atoms with Crippen LogP contribution in [0.25, 0.3) is 0 Å². The van der Waals surface area contributed by atoms with E-state index in [2.05, 4.69) is 24.1 Å². The van der Waals surface area contributed by atoms with E-state index in [1.54, 1.807) is 6.08 Å². The SMILES string of the molecule is C=CCNC(=O)c1sc(NCCCC)cc1N. The van der Waals surface area contributed by atoms with E-state index in [4.69, 9.17) is 5.73 Å². The third kappa shape index (κ3) is 4.11. The highest BCUT2D eigenvalue weighted by atomic mass is 32.1. The first-order chi connectivity index (χ1) is 8.19. The van der Waals surface area contributed by atoms with Gasteiger partial charge in [-0.05, 0) is 12.5 Å². The maximum Gasteiger partial charge on any atom is 0.263 e.